The highest BCUT2D eigenvalue weighted by atomic mass is 16.2. The Morgan fingerprint density at radius 3 is 2.64 bits per heavy atom. The first kappa shape index (κ1) is 15.8. The van der Waals surface area contributed by atoms with Crippen LogP contribution in [0.1, 0.15) is 41.1 Å². The van der Waals surface area contributed by atoms with E-state index in [1.807, 2.05) is 24.3 Å². The van der Waals surface area contributed by atoms with Crippen LogP contribution in [0.5, 0.6) is 0 Å². The fourth-order valence-corrected chi connectivity index (χ4v) is 4.11. The summed E-state index contributed by atoms with van der Waals surface area (Å²) < 4.78 is 1.77. The van der Waals surface area contributed by atoms with Gasteiger partial charge < -0.3 is 10.2 Å². The van der Waals surface area contributed by atoms with Gasteiger partial charge >= 0.3 is 0 Å². The highest BCUT2D eigenvalue weighted by molar-refractivity contribution is 5.94. The molecule has 1 atom stereocenters. The topological polar surface area (TPSA) is 80.1 Å². The Balaban J connectivity index is 1.51. The molecule has 130 valence electrons. The van der Waals surface area contributed by atoms with E-state index in [-0.39, 0.29) is 23.3 Å². The number of pyridine rings is 1. The molecule has 1 N–H and O–H groups in total. The molecule has 2 aromatic rings. The molecule has 0 aromatic carbocycles. The van der Waals surface area contributed by atoms with E-state index in [1.165, 1.54) is 0 Å². The van der Waals surface area contributed by atoms with Crippen LogP contribution in [-0.4, -0.2) is 50.1 Å². The highest BCUT2D eigenvalue weighted by Crippen LogP contribution is 2.43. The number of hydrogen-bond donors (Lipinski definition) is 1. The second-order valence-corrected chi connectivity index (χ2v) is 6.94. The first-order chi connectivity index (χ1) is 12.1. The number of aryl methyl sites for hydroxylation is 1. The number of piperidine rings is 1. The lowest BCUT2D eigenvalue weighted by Gasteiger charge is -2.42. The molecule has 2 saturated heterocycles. The van der Waals surface area contributed by atoms with E-state index in [0.29, 0.717) is 25.1 Å². The SMILES string of the molecule is Cn1cc([C@@H]2CC(=O)NC23CCN(C(=O)c2ccncc2)CC3)cn1. The molecule has 2 aliphatic heterocycles. The van der Waals surface area contributed by atoms with Gasteiger partial charge in [0.2, 0.25) is 5.91 Å². The molecule has 25 heavy (non-hydrogen) atoms. The van der Waals surface area contributed by atoms with Gasteiger partial charge in [-0.2, -0.15) is 5.10 Å². The summed E-state index contributed by atoms with van der Waals surface area (Å²) in [6.07, 6.45) is 9.11. The third kappa shape index (κ3) is 2.79. The predicted octanol–water partition coefficient (Wildman–Crippen LogP) is 1.09. The summed E-state index contributed by atoms with van der Waals surface area (Å²) in [5, 5.41) is 7.46. The van der Waals surface area contributed by atoms with Crippen LogP contribution in [-0.2, 0) is 11.8 Å². The van der Waals surface area contributed by atoms with Gasteiger partial charge in [0.1, 0.15) is 0 Å². The van der Waals surface area contributed by atoms with Gasteiger partial charge in [-0.15, -0.1) is 0 Å². The largest absolute Gasteiger partial charge is 0.350 e. The number of rotatable bonds is 2. The van der Waals surface area contributed by atoms with Gasteiger partial charge in [-0.3, -0.25) is 19.3 Å². The fraction of sp³-hybridized carbons (Fsp3) is 0.444. The number of amides is 2. The van der Waals surface area contributed by atoms with Crippen LogP contribution in [0.3, 0.4) is 0 Å². The standard InChI is InChI=1S/C18H21N5O2/c1-22-12-14(11-20-22)15-10-16(24)21-18(15)4-8-23(9-5-18)17(25)13-2-6-19-7-3-13/h2-3,6-7,11-12,15H,4-5,8-10H2,1H3,(H,21,24)/t15-/m0/s1. The van der Waals surface area contributed by atoms with Gasteiger partial charge in [0.25, 0.3) is 5.91 Å². The molecular formula is C18H21N5O2. The smallest absolute Gasteiger partial charge is 0.253 e. The summed E-state index contributed by atoms with van der Waals surface area (Å²) in [4.78, 5) is 30.6. The Bertz CT molecular complexity index is 793. The molecule has 7 heteroatoms. The van der Waals surface area contributed by atoms with E-state index in [1.54, 1.807) is 29.2 Å². The number of carbonyl (C=O) groups excluding carboxylic acids is 2. The minimum absolute atomic E-state index is 0.0273. The summed E-state index contributed by atoms with van der Waals surface area (Å²) in [5.74, 6) is 0.231. The monoisotopic (exact) mass is 339 g/mol. The van der Waals surface area contributed by atoms with Crippen LogP contribution in [0.25, 0.3) is 0 Å². The minimum atomic E-state index is -0.269. The molecule has 2 aromatic heterocycles. The maximum atomic E-state index is 12.6. The van der Waals surface area contributed by atoms with Crippen LogP contribution >= 0.6 is 0 Å². The van der Waals surface area contributed by atoms with Crippen LogP contribution in [0.2, 0.25) is 0 Å². The molecule has 2 fully saturated rings. The maximum Gasteiger partial charge on any atom is 0.253 e. The Morgan fingerprint density at radius 1 is 1.28 bits per heavy atom. The fourth-order valence-electron chi connectivity index (χ4n) is 4.11. The van der Waals surface area contributed by atoms with E-state index >= 15 is 0 Å². The lowest BCUT2D eigenvalue weighted by atomic mass is 9.75. The van der Waals surface area contributed by atoms with E-state index in [4.69, 9.17) is 0 Å². The van der Waals surface area contributed by atoms with E-state index < -0.39 is 0 Å². The molecule has 2 amide bonds. The van der Waals surface area contributed by atoms with Crippen LogP contribution in [0.15, 0.2) is 36.9 Å². The third-order valence-corrected chi connectivity index (χ3v) is 5.44. The zero-order chi connectivity index (χ0) is 17.4. The average molecular weight is 339 g/mol. The number of carbonyl (C=O) groups is 2. The minimum Gasteiger partial charge on any atom is -0.350 e. The van der Waals surface area contributed by atoms with Crippen molar-refractivity contribution in [2.75, 3.05) is 13.1 Å². The first-order valence-electron chi connectivity index (χ1n) is 8.56. The molecule has 1 spiro atoms. The number of nitrogens with one attached hydrogen (secondary N) is 1. The number of hydrogen-bond acceptors (Lipinski definition) is 4. The summed E-state index contributed by atoms with van der Waals surface area (Å²) >= 11 is 0. The zero-order valence-corrected chi connectivity index (χ0v) is 14.2. The Morgan fingerprint density at radius 2 is 2.00 bits per heavy atom. The molecule has 0 aliphatic carbocycles. The summed E-state index contributed by atoms with van der Waals surface area (Å²) in [6, 6.07) is 3.48. The number of likely N-dealkylation sites (tertiary alicyclic amines) is 1. The molecule has 0 radical (unpaired) electrons. The molecule has 7 nitrogen and oxygen atoms in total. The van der Waals surface area contributed by atoms with E-state index in [2.05, 4.69) is 15.4 Å². The van der Waals surface area contributed by atoms with Crippen LogP contribution < -0.4 is 5.32 Å². The van der Waals surface area contributed by atoms with Crippen molar-refractivity contribution < 1.29 is 9.59 Å². The maximum absolute atomic E-state index is 12.6. The van der Waals surface area contributed by atoms with E-state index in [9.17, 15) is 9.59 Å². The molecular weight excluding hydrogens is 318 g/mol. The van der Waals surface area contributed by atoms with Crippen molar-refractivity contribution in [3.05, 3.63) is 48.0 Å². The van der Waals surface area contributed by atoms with Crippen molar-refractivity contribution in [3.8, 4) is 0 Å². The van der Waals surface area contributed by atoms with Crippen molar-refractivity contribution >= 4 is 11.8 Å². The molecule has 0 saturated carbocycles. The van der Waals surface area contributed by atoms with Crippen molar-refractivity contribution in [1.29, 1.82) is 0 Å². The first-order valence-corrected chi connectivity index (χ1v) is 8.56. The molecule has 4 heterocycles. The van der Waals surface area contributed by atoms with Crippen molar-refractivity contribution in [2.45, 2.75) is 30.7 Å². The van der Waals surface area contributed by atoms with Gasteiger partial charge in [-0.25, -0.2) is 0 Å². The lowest BCUT2D eigenvalue weighted by molar-refractivity contribution is -0.120. The van der Waals surface area contributed by atoms with Crippen LogP contribution in [0.4, 0.5) is 0 Å². The molecule has 0 unspecified atom stereocenters. The second-order valence-electron chi connectivity index (χ2n) is 6.94. The van der Waals surface area contributed by atoms with Crippen LogP contribution in [0, 0.1) is 0 Å². The van der Waals surface area contributed by atoms with Crippen molar-refractivity contribution in [2.24, 2.45) is 7.05 Å². The average Bonchev–Trinajstić information content (AvgIpc) is 3.19. The highest BCUT2D eigenvalue weighted by Gasteiger charge is 2.49. The molecule has 4 rings (SSSR count). The lowest BCUT2D eigenvalue weighted by Crippen LogP contribution is -2.54. The Hall–Kier alpha value is -2.70. The van der Waals surface area contributed by atoms with Crippen molar-refractivity contribution in [1.82, 2.24) is 25.0 Å². The Labute approximate surface area is 146 Å². The summed E-state index contributed by atoms with van der Waals surface area (Å²) in [5.41, 5.74) is 1.48. The quantitative estimate of drug-likeness (QED) is 0.888. The van der Waals surface area contributed by atoms with Crippen molar-refractivity contribution in [3.63, 3.8) is 0 Å². The molecule has 2 aliphatic rings. The van der Waals surface area contributed by atoms with Gasteiger partial charge in [-0.1, -0.05) is 0 Å². The summed E-state index contributed by atoms with van der Waals surface area (Å²) in [6.45, 7) is 1.27. The summed E-state index contributed by atoms with van der Waals surface area (Å²) in [7, 11) is 1.89. The molecule has 0 bridgehead atoms. The van der Waals surface area contributed by atoms with Gasteiger partial charge in [0.05, 0.1) is 11.7 Å². The zero-order valence-electron chi connectivity index (χ0n) is 14.2. The third-order valence-electron chi connectivity index (χ3n) is 5.44. The predicted molar refractivity (Wildman–Crippen MR) is 90.8 cm³/mol. The van der Waals surface area contributed by atoms with Gasteiger partial charge in [0, 0.05) is 56.6 Å². The number of nitrogens with zero attached hydrogens (tertiary/aromatic N) is 4. The Kier molecular flexibility index (Phi) is 3.78. The number of aromatic nitrogens is 3. The van der Waals surface area contributed by atoms with Gasteiger partial charge in [-0.05, 0) is 30.5 Å². The normalized spacial score (nSPS) is 22.2. The second kappa shape index (κ2) is 5.98. The van der Waals surface area contributed by atoms with E-state index in [0.717, 1.165) is 18.4 Å². The van der Waals surface area contributed by atoms with Gasteiger partial charge in [0.15, 0.2) is 0 Å².